The summed E-state index contributed by atoms with van der Waals surface area (Å²) >= 11 is 0. The normalized spacial score (nSPS) is 16.2. The van der Waals surface area contributed by atoms with Crippen LogP contribution in [0.5, 0.6) is 0 Å². The van der Waals surface area contributed by atoms with Gasteiger partial charge in [-0.25, -0.2) is 0 Å². The lowest BCUT2D eigenvalue weighted by atomic mass is 9.97. The van der Waals surface area contributed by atoms with E-state index in [1.807, 2.05) is 10.9 Å². The third kappa shape index (κ3) is 4.45. The van der Waals surface area contributed by atoms with Crippen molar-refractivity contribution in [3.63, 3.8) is 0 Å². The van der Waals surface area contributed by atoms with Gasteiger partial charge in [-0.1, -0.05) is 29.8 Å². The number of benzene rings is 1. The van der Waals surface area contributed by atoms with Gasteiger partial charge >= 0.3 is 0 Å². The number of aromatic nitrogens is 2. The highest BCUT2D eigenvalue weighted by atomic mass is 16.1. The number of hydrogen-bond donors (Lipinski definition) is 1. The van der Waals surface area contributed by atoms with E-state index < -0.39 is 0 Å². The van der Waals surface area contributed by atoms with Crippen molar-refractivity contribution in [2.75, 3.05) is 19.6 Å². The molecule has 1 aromatic heterocycles. The molecule has 1 saturated heterocycles. The van der Waals surface area contributed by atoms with Crippen LogP contribution in [0.25, 0.3) is 11.1 Å². The molecule has 1 aliphatic rings. The Bertz CT molecular complexity index is 669. The fourth-order valence-electron chi connectivity index (χ4n) is 3.16. The van der Waals surface area contributed by atoms with E-state index in [0.717, 1.165) is 44.7 Å². The predicted octanol–water partition coefficient (Wildman–Crippen LogP) is 2.66. The zero-order valence-electron chi connectivity index (χ0n) is 14.5. The number of carbonyl (C=O) groups is 1. The predicted molar refractivity (Wildman–Crippen MR) is 95.4 cm³/mol. The Labute approximate surface area is 143 Å². The summed E-state index contributed by atoms with van der Waals surface area (Å²) in [7, 11) is 0. The van der Waals surface area contributed by atoms with E-state index >= 15 is 0 Å². The van der Waals surface area contributed by atoms with Crippen molar-refractivity contribution in [1.82, 2.24) is 20.0 Å². The van der Waals surface area contributed by atoms with Crippen molar-refractivity contribution in [3.05, 3.63) is 42.2 Å². The summed E-state index contributed by atoms with van der Waals surface area (Å²) in [6, 6.07) is 8.55. The molecule has 1 aromatic carbocycles. The van der Waals surface area contributed by atoms with Gasteiger partial charge in [0.25, 0.3) is 0 Å². The van der Waals surface area contributed by atoms with Gasteiger partial charge in [-0.15, -0.1) is 0 Å². The molecule has 0 atom stereocenters. The van der Waals surface area contributed by atoms with Gasteiger partial charge in [-0.3, -0.25) is 14.4 Å². The van der Waals surface area contributed by atoms with Crippen LogP contribution in [0.4, 0.5) is 0 Å². The summed E-state index contributed by atoms with van der Waals surface area (Å²) in [5.74, 6) is 0.670. The second-order valence-corrected chi connectivity index (χ2v) is 6.77. The molecule has 0 saturated carbocycles. The molecule has 2 heterocycles. The zero-order valence-corrected chi connectivity index (χ0v) is 14.5. The molecule has 3 rings (SSSR count). The van der Waals surface area contributed by atoms with Crippen molar-refractivity contribution in [1.29, 1.82) is 0 Å². The Kier molecular flexibility index (Phi) is 5.30. The first-order valence-electron chi connectivity index (χ1n) is 8.66. The van der Waals surface area contributed by atoms with Gasteiger partial charge in [0.2, 0.25) is 5.91 Å². The van der Waals surface area contributed by atoms with Crippen LogP contribution >= 0.6 is 0 Å². The van der Waals surface area contributed by atoms with Gasteiger partial charge in [0, 0.05) is 38.3 Å². The van der Waals surface area contributed by atoms with Crippen LogP contribution in [0, 0.1) is 12.8 Å². The number of aryl methyl sites for hydroxylation is 1. The molecule has 0 unspecified atom stereocenters. The van der Waals surface area contributed by atoms with E-state index in [-0.39, 0.29) is 5.91 Å². The van der Waals surface area contributed by atoms with E-state index in [1.165, 1.54) is 11.1 Å². The largest absolute Gasteiger partial charge is 0.356 e. The number of piperidine rings is 1. The molecule has 0 aliphatic carbocycles. The van der Waals surface area contributed by atoms with Crippen LogP contribution < -0.4 is 5.32 Å². The van der Waals surface area contributed by atoms with E-state index in [0.29, 0.717) is 5.92 Å². The molecule has 1 N–H and O–H groups in total. The van der Waals surface area contributed by atoms with Gasteiger partial charge in [0.15, 0.2) is 0 Å². The molecular formula is C19H26N4O. The molecule has 1 fully saturated rings. The molecule has 5 nitrogen and oxygen atoms in total. The van der Waals surface area contributed by atoms with E-state index in [9.17, 15) is 4.79 Å². The van der Waals surface area contributed by atoms with Gasteiger partial charge in [-0.05, 0) is 31.2 Å². The van der Waals surface area contributed by atoms with Crippen molar-refractivity contribution >= 4 is 5.91 Å². The van der Waals surface area contributed by atoms with E-state index in [2.05, 4.69) is 52.7 Å². The Morgan fingerprint density at radius 2 is 1.92 bits per heavy atom. The average Bonchev–Trinajstić information content (AvgIpc) is 3.03. The van der Waals surface area contributed by atoms with Crippen LogP contribution in [-0.4, -0.2) is 40.2 Å². The highest BCUT2D eigenvalue weighted by Gasteiger charge is 2.19. The Hall–Kier alpha value is -2.14. The highest BCUT2D eigenvalue weighted by Crippen LogP contribution is 2.20. The zero-order chi connectivity index (χ0) is 16.9. The number of carbonyl (C=O) groups excluding carboxylic acids is 1. The Morgan fingerprint density at radius 3 is 2.58 bits per heavy atom. The van der Waals surface area contributed by atoms with Gasteiger partial charge in [0.1, 0.15) is 0 Å². The quantitative estimate of drug-likeness (QED) is 0.919. The standard InChI is InChI=1S/C19H26N4O/c1-15-3-5-18(6-4-15)19-12-21-23(13-19)14-22-9-7-17(8-10-22)11-20-16(2)24/h3-6,12-13,17H,7-11,14H2,1-2H3,(H,20,24). The summed E-state index contributed by atoms with van der Waals surface area (Å²) in [4.78, 5) is 13.4. The monoisotopic (exact) mass is 326 g/mol. The van der Waals surface area contributed by atoms with E-state index in [4.69, 9.17) is 0 Å². The van der Waals surface area contributed by atoms with Crippen LogP contribution in [0.2, 0.25) is 0 Å². The maximum absolute atomic E-state index is 11.0. The lowest BCUT2D eigenvalue weighted by Gasteiger charge is -2.31. The molecule has 0 radical (unpaired) electrons. The van der Waals surface area contributed by atoms with Crippen LogP contribution in [0.15, 0.2) is 36.7 Å². The van der Waals surface area contributed by atoms with Crippen molar-refractivity contribution in [2.45, 2.75) is 33.4 Å². The molecular weight excluding hydrogens is 300 g/mol. The summed E-state index contributed by atoms with van der Waals surface area (Å²) in [5, 5.41) is 7.44. The first-order chi connectivity index (χ1) is 11.6. The Balaban J connectivity index is 1.51. The van der Waals surface area contributed by atoms with Crippen LogP contribution in [0.1, 0.15) is 25.3 Å². The third-order valence-electron chi connectivity index (χ3n) is 4.71. The molecule has 5 heteroatoms. The lowest BCUT2D eigenvalue weighted by Crippen LogP contribution is -2.39. The number of amides is 1. The van der Waals surface area contributed by atoms with Gasteiger partial charge in [0.05, 0.1) is 12.9 Å². The molecule has 24 heavy (non-hydrogen) atoms. The second kappa shape index (κ2) is 7.62. The molecule has 0 spiro atoms. The molecule has 0 bridgehead atoms. The van der Waals surface area contributed by atoms with Crippen molar-refractivity contribution in [2.24, 2.45) is 5.92 Å². The number of likely N-dealkylation sites (tertiary alicyclic amines) is 1. The molecule has 2 aromatic rings. The van der Waals surface area contributed by atoms with Gasteiger partial charge < -0.3 is 5.32 Å². The summed E-state index contributed by atoms with van der Waals surface area (Å²) in [6.07, 6.45) is 6.32. The third-order valence-corrected chi connectivity index (χ3v) is 4.71. The second-order valence-electron chi connectivity index (χ2n) is 6.77. The number of rotatable bonds is 5. The highest BCUT2D eigenvalue weighted by molar-refractivity contribution is 5.72. The average molecular weight is 326 g/mol. The van der Waals surface area contributed by atoms with Crippen molar-refractivity contribution < 1.29 is 4.79 Å². The Morgan fingerprint density at radius 1 is 1.21 bits per heavy atom. The van der Waals surface area contributed by atoms with Crippen LogP contribution in [0.3, 0.4) is 0 Å². The SMILES string of the molecule is CC(=O)NCC1CCN(Cn2cc(-c3ccc(C)cc3)cn2)CC1. The number of nitrogens with zero attached hydrogens (tertiary/aromatic N) is 3. The summed E-state index contributed by atoms with van der Waals surface area (Å²) in [6.45, 7) is 7.44. The molecule has 1 aliphatic heterocycles. The minimum Gasteiger partial charge on any atom is -0.356 e. The maximum Gasteiger partial charge on any atom is 0.216 e. The maximum atomic E-state index is 11.0. The fourth-order valence-corrected chi connectivity index (χ4v) is 3.16. The lowest BCUT2D eigenvalue weighted by molar-refractivity contribution is -0.119. The summed E-state index contributed by atoms with van der Waals surface area (Å²) in [5.41, 5.74) is 3.64. The first kappa shape index (κ1) is 16.7. The number of hydrogen-bond acceptors (Lipinski definition) is 3. The van der Waals surface area contributed by atoms with Crippen molar-refractivity contribution in [3.8, 4) is 11.1 Å². The van der Waals surface area contributed by atoms with Crippen LogP contribution in [-0.2, 0) is 11.5 Å². The first-order valence-corrected chi connectivity index (χ1v) is 8.66. The smallest absolute Gasteiger partial charge is 0.216 e. The number of nitrogens with one attached hydrogen (secondary N) is 1. The fraction of sp³-hybridized carbons (Fsp3) is 0.474. The minimum atomic E-state index is 0.0672. The van der Waals surface area contributed by atoms with E-state index in [1.54, 1.807) is 6.92 Å². The molecule has 1 amide bonds. The topological polar surface area (TPSA) is 50.2 Å². The van der Waals surface area contributed by atoms with Gasteiger partial charge in [-0.2, -0.15) is 5.10 Å². The summed E-state index contributed by atoms with van der Waals surface area (Å²) < 4.78 is 2.02. The molecule has 128 valence electrons. The minimum absolute atomic E-state index is 0.0672.